The van der Waals surface area contributed by atoms with Crippen molar-refractivity contribution in [2.45, 2.75) is 39.2 Å². The fourth-order valence-corrected chi connectivity index (χ4v) is 4.70. The van der Waals surface area contributed by atoms with Gasteiger partial charge in [0.25, 0.3) is 0 Å². The van der Waals surface area contributed by atoms with Gasteiger partial charge in [-0.05, 0) is 43.9 Å². The first-order valence-electron chi connectivity index (χ1n) is 9.45. The highest BCUT2D eigenvalue weighted by molar-refractivity contribution is 7.89. The molecule has 152 valence electrons. The quantitative estimate of drug-likeness (QED) is 0.654. The third kappa shape index (κ3) is 6.79. The molecule has 1 aliphatic heterocycles. The molecule has 0 saturated carbocycles. The Morgan fingerprint density at radius 2 is 2.22 bits per heavy atom. The summed E-state index contributed by atoms with van der Waals surface area (Å²) < 4.78 is 31.3. The molecule has 2 atom stereocenters. The molecule has 7 nitrogen and oxygen atoms in total. The van der Waals surface area contributed by atoms with E-state index in [-0.39, 0.29) is 37.3 Å². The molecule has 1 heterocycles. The molecule has 2 unspecified atom stereocenters. The van der Waals surface area contributed by atoms with Gasteiger partial charge in [0.2, 0.25) is 15.9 Å². The summed E-state index contributed by atoms with van der Waals surface area (Å²) in [5, 5.41) is 12.7. The van der Waals surface area contributed by atoms with Crippen LogP contribution >= 0.6 is 0 Å². The van der Waals surface area contributed by atoms with E-state index in [1.165, 1.54) is 4.31 Å². The second-order valence-corrected chi connectivity index (χ2v) is 9.13. The predicted molar refractivity (Wildman–Crippen MR) is 104 cm³/mol. The molecule has 2 rings (SSSR count). The Morgan fingerprint density at radius 1 is 1.44 bits per heavy atom. The summed E-state index contributed by atoms with van der Waals surface area (Å²) in [5.74, 6) is 0.178. The molecule has 0 radical (unpaired) electrons. The van der Waals surface area contributed by atoms with Gasteiger partial charge in [-0.3, -0.25) is 4.79 Å². The lowest BCUT2D eigenvalue weighted by molar-refractivity contribution is -0.126. The third-order valence-electron chi connectivity index (χ3n) is 4.55. The number of nitrogens with one attached hydrogen (secondary N) is 1. The van der Waals surface area contributed by atoms with Crippen molar-refractivity contribution >= 4 is 15.9 Å². The monoisotopic (exact) mass is 398 g/mol. The molecule has 0 spiro atoms. The zero-order valence-electron chi connectivity index (χ0n) is 16.1. The second kappa shape index (κ2) is 10.1. The molecular weight excluding hydrogens is 368 g/mol. The average Bonchev–Trinajstić information content (AvgIpc) is 2.64. The highest BCUT2D eigenvalue weighted by Gasteiger charge is 2.31. The maximum atomic E-state index is 12.4. The highest BCUT2D eigenvalue weighted by atomic mass is 32.2. The molecule has 27 heavy (non-hydrogen) atoms. The van der Waals surface area contributed by atoms with Crippen molar-refractivity contribution in [1.82, 2.24) is 9.62 Å². The first kappa shape index (κ1) is 21.7. The number of amides is 1. The van der Waals surface area contributed by atoms with Gasteiger partial charge in [-0.1, -0.05) is 19.1 Å². The Balaban J connectivity index is 1.77. The van der Waals surface area contributed by atoms with Gasteiger partial charge >= 0.3 is 0 Å². The first-order valence-corrected chi connectivity index (χ1v) is 11.1. The summed E-state index contributed by atoms with van der Waals surface area (Å²) in [6.07, 6.45) is 1.04. The van der Waals surface area contributed by atoms with E-state index in [1.807, 2.05) is 38.1 Å². The SMILES string of the molecule is CCCS(=O)(=O)N1CCCC(C(=O)NCC(O)COc2cccc(C)c2)C1. The van der Waals surface area contributed by atoms with Crippen LogP contribution in [0.3, 0.4) is 0 Å². The summed E-state index contributed by atoms with van der Waals surface area (Å²) in [5.41, 5.74) is 1.06. The molecule has 8 heteroatoms. The van der Waals surface area contributed by atoms with Crippen LogP contribution in [-0.4, -0.2) is 61.8 Å². The molecule has 1 aliphatic rings. The molecule has 1 saturated heterocycles. The molecule has 1 amide bonds. The molecule has 1 fully saturated rings. The molecular formula is C19H30N2O5S. The standard InChI is InChI=1S/C19H30N2O5S/c1-3-10-27(24,25)21-9-5-7-16(13-21)19(23)20-12-17(22)14-26-18-8-4-6-15(2)11-18/h4,6,8,11,16-17,22H,3,5,7,9-10,12-14H2,1-2H3,(H,20,23). The fourth-order valence-electron chi connectivity index (χ4n) is 3.12. The summed E-state index contributed by atoms with van der Waals surface area (Å²) in [6.45, 7) is 4.61. The number of sulfonamides is 1. The highest BCUT2D eigenvalue weighted by Crippen LogP contribution is 2.20. The van der Waals surface area contributed by atoms with E-state index in [1.54, 1.807) is 0 Å². The number of carbonyl (C=O) groups excluding carboxylic acids is 1. The van der Waals surface area contributed by atoms with Crippen LogP contribution in [0.15, 0.2) is 24.3 Å². The number of aliphatic hydroxyl groups is 1. The maximum Gasteiger partial charge on any atom is 0.224 e. The van der Waals surface area contributed by atoms with Crippen LogP contribution in [-0.2, 0) is 14.8 Å². The minimum absolute atomic E-state index is 0.0723. The predicted octanol–water partition coefficient (Wildman–Crippen LogP) is 1.30. The van der Waals surface area contributed by atoms with E-state index >= 15 is 0 Å². The number of hydrogen-bond donors (Lipinski definition) is 2. The molecule has 0 bridgehead atoms. The first-order chi connectivity index (χ1) is 12.8. The Bertz CT molecular complexity index is 723. The van der Waals surface area contributed by atoms with Crippen molar-refractivity contribution in [3.05, 3.63) is 29.8 Å². The molecule has 2 N–H and O–H groups in total. The van der Waals surface area contributed by atoms with Crippen molar-refractivity contribution in [2.24, 2.45) is 5.92 Å². The number of benzene rings is 1. The Hall–Kier alpha value is -1.64. The van der Waals surface area contributed by atoms with Gasteiger partial charge in [0.1, 0.15) is 18.5 Å². The number of nitrogens with zero attached hydrogens (tertiary/aromatic N) is 1. The van der Waals surface area contributed by atoms with Crippen molar-refractivity contribution < 1.29 is 23.1 Å². The van der Waals surface area contributed by atoms with Crippen LogP contribution in [0.25, 0.3) is 0 Å². The maximum absolute atomic E-state index is 12.4. The summed E-state index contributed by atoms with van der Waals surface area (Å²) in [7, 11) is -3.29. The summed E-state index contributed by atoms with van der Waals surface area (Å²) in [6, 6.07) is 7.52. The molecule has 1 aromatic carbocycles. The molecule has 0 aromatic heterocycles. The largest absolute Gasteiger partial charge is 0.491 e. The van der Waals surface area contributed by atoms with E-state index in [0.717, 1.165) is 5.56 Å². The van der Waals surface area contributed by atoms with Gasteiger partial charge in [0.15, 0.2) is 0 Å². The number of aryl methyl sites for hydroxylation is 1. The van der Waals surface area contributed by atoms with E-state index in [2.05, 4.69) is 5.32 Å². The number of hydrogen-bond acceptors (Lipinski definition) is 5. The Kier molecular flexibility index (Phi) is 8.07. The van der Waals surface area contributed by atoms with Crippen molar-refractivity contribution in [3.8, 4) is 5.75 Å². The van der Waals surface area contributed by atoms with E-state index in [0.29, 0.717) is 31.6 Å². The second-order valence-electron chi connectivity index (χ2n) is 7.04. The van der Waals surface area contributed by atoms with Crippen molar-refractivity contribution in [1.29, 1.82) is 0 Å². The van der Waals surface area contributed by atoms with Crippen molar-refractivity contribution in [2.75, 3.05) is 32.0 Å². The van der Waals surface area contributed by atoms with Gasteiger partial charge in [0.05, 0.1) is 11.7 Å². The van der Waals surface area contributed by atoms with Gasteiger partial charge in [-0.25, -0.2) is 12.7 Å². The van der Waals surface area contributed by atoms with Crippen LogP contribution in [0.4, 0.5) is 0 Å². The number of rotatable bonds is 9. The summed E-state index contributed by atoms with van der Waals surface area (Å²) in [4.78, 5) is 12.4. The fraction of sp³-hybridized carbons (Fsp3) is 0.632. The number of ether oxygens (including phenoxy) is 1. The van der Waals surface area contributed by atoms with Gasteiger partial charge in [-0.2, -0.15) is 0 Å². The normalized spacial score (nSPS) is 19.4. The van der Waals surface area contributed by atoms with Gasteiger partial charge in [-0.15, -0.1) is 0 Å². The van der Waals surface area contributed by atoms with Crippen LogP contribution in [0.1, 0.15) is 31.7 Å². The zero-order valence-corrected chi connectivity index (χ0v) is 16.9. The van der Waals surface area contributed by atoms with E-state index in [9.17, 15) is 18.3 Å². The lowest BCUT2D eigenvalue weighted by Gasteiger charge is -2.31. The minimum Gasteiger partial charge on any atom is -0.491 e. The Labute approximate surface area is 161 Å². The summed E-state index contributed by atoms with van der Waals surface area (Å²) >= 11 is 0. The minimum atomic E-state index is -3.29. The number of carbonyl (C=O) groups is 1. The number of piperidine rings is 1. The molecule has 0 aliphatic carbocycles. The zero-order chi connectivity index (χ0) is 19.9. The van der Waals surface area contributed by atoms with Crippen LogP contribution in [0, 0.1) is 12.8 Å². The van der Waals surface area contributed by atoms with Crippen LogP contribution in [0.2, 0.25) is 0 Å². The average molecular weight is 399 g/mol. The van der Waals surface area contributed by atoms with E-state index in [4.69, 9.17) is 4.74 Å². The third-order valence-corrected chi connectivity index (χ3v) is 6.60. The van der Waals surface area contributed by atoms with Gasteiger partial charge in [0, 0.05) is 19.6 Å². The van der Waals surface area contributed by atoms with Gasteiger partial charge < -0.3 is 15.2 Å². The number of aliphatic hydroxyl groups excluding tert-OH is 1. The van der Waals surface area contributed by atoms with Crippen LogP contribution < -0.4 is 10.1 Å². The molecule has 1 aromatic rings. The lowest BCUT2D eigenvalue weighted by atomic mass is 9.99. The van der Waals surface area contributed by atoms with Crippen molar-refractivity contribution in [3.63, 3.8) is 0 Å². The Morgan fingerprint density at radius 3 is 2.93 bits per heavy atom. The van der Waals surface area contributed by atoms with Crippen LogP contribution in [0.5, 0.6) is 5.75 Å². The topological polar surface area (TPSA) is 95.9 Å². The smallest absolute Gasteiger partial charge is 0.224 e. The lowest BCUT2D eigenvalue weighted by Crippen LogP contribution is -2.47. The van der Waals surface area contributed by atoms with E-state index < -0.39 is 16.1 Å².